The molecule has 1 unspecified atom stereocenters. The van der Waals surface area contributed by atoms with Gasteiger partial charge in [-0.2, -0.15) is 0 Å². The summed E-state index contributed by atoms with van der Waals surface area (Å²) in [4.78, 5) is 0. The van der Waals surface area contributed by atoms with Crippen LogP contribution in [0.15, 0.2) is 0 Å². The first kappa shape index (κ1) is 10.4. The summed E-state index contributed by atoms with van der Waals surface area (Å²) in [5, 5.41) is 0. The Balaban J connectivity index is 1.61. The van der Waals surface area contributed by atoms with Gasteiger partial charge >= 0.3 is 0 Å². The Kier molecular flexibility index (Phi) is 3.42. The molecule has 1 aliphatic carbocycles. The normalized spacial score (nSPS) is 31.1. The van der Waals surface area contributed by atoms with Gasteiger partial charge in [0.25, 0.3) is 0 Å². The molecule has 1 saturated heterocycles. The highest BCUT2D eigenvalue weighted by Crippen LogP contribution is 2.27. The second-order valence-electron chi connectivity index (χ2n) is 4.72. The minimum Gasteiger partial charge on any atom is -0.377 e. The lowest BCUT2D eigenvalue weighted by Crippen LogP contribution is -2.42. The monoisotopic (exact) mass is 199 g/mol. The Labute approximate surface area is 85.9 Å². The molecule has 2 fully saturated rings. The standard InChI is InChI=1S/C11H21NO2/c12-11(5-1-2-6-11)9-13-8-10-4-3-7-14-10/h10H,1-9,12H2. The summed E-state index contributed by atoms with van der Waals surface area (Å²) in [5.41, 5.74) is 6.15. The Morgan fingerprint density at radius 2 is 2.07 bits per heavy atom. The van der Waals surface area contributed by atoms with E-state index in [-0.39, 0.29) is 5.54 Å². The van der Waals surface area contributed by atoms with Gasteiger partial charge in [-0.25, -0.2) is 0 Å². The van der Waals surface area contributed by atoms with Crippen LogP contribution >= 0.6 is 0 Å². The highest BCUT2D eigenvalue weighted by Gasteiger charge is 2.29. The molecule has 3 nitrogen and oxygen atoms in total. The molecule has 1 saturated carbocycles. The molecule has 0 amide bonds. The summed E-state index contributed by atoms with van der Waals surface area (Å²) in [6.07, 6.45) is 7.44. The zero-order valence-corrected chi connectivity index (χ0v) is 8.84. The van der Waals surface area contributed by atoms with Crippen LogP contribution in [0.1, 0.15) is 38.5 Å². The fraction of sp³-hybridized carbons (Fsp3) is 1.00. The van der Waals surface area contributed by atoms with Crippen molar-refractivity contribution in [2.24, 2.45) is 5.73 Å². The summed E-state index contributed by atoms with van der Waals surface area (Å²) in [7, 11) is 0. The second kappa shape index (κ2) is 4.60. The molecule has 2 aliphatic rings. The molecule has 2 N–H and O–H groups in total. The van der Waals surface area contributed by atoms with Crippen LogP contribution < -0.4 is 5.73 Å². The third-order valence-corrected chi connectivity index (χ3v) is 3.32. The molecule has 0 aromatic rings. The van der Waals surface area contributed by atoms with Gasteiger partial charge in [0, 0.05) is 12.1 Å². The van der Waals surface area contributed by atoms with Gasteiger partial charge in [-0.1, -0.05) is 12.8 Å². The molecule has 2 rings (SSSR count). The predicted molar refractivity (Wildman–Crippen MR) is 55.2 cm³/mol. The highest BCUT2D eigenvalue weighted by atomic mass is 16.5. The van der Waals surface area contributed by atoms with Crippen LogP contribution in [-0.2, 0) is 9.47 Å². The van der Waals surface area contributed by atoms with E-state index in [1.165, 1.54) is 19.3 Å². The maximum absolute atomic E-state index is 6.18. The van der Waals surface area contributed by atoms with Gasteiger partial charge in [0.1, 0.15) is 0 Å². The first-order valence-electron chi connectivity index (χ1n) is 5.77. The maximum Gasteiger partial charge on any atom is 0.0809 e. The zero-order valence-electron chi connectivity index (χ0n) is 8.84. The van der Waals surface area contributed by atoms with E-state index in [9.17, 15) is 0 Å². The molecule has 1 heterocycles. The molecule has 0 aromatic carbocycles. The average Bonchev–Trinajstić information content (AvgIpc) is 2.77. The Morgan fingerprint density at radius 1 is 1.29 bits per heavy atom. The summed E-state index contributed by atoms with van der Waals surface area (Å²) >= 11 is 0. The number of rotatable bonds is 4. The van der Waals surface area contributed by atoms with E-state index in [1.807, 2.05) is 0 Å². The van der Waals surface area contributed by atoms with E-state index >= 15 is 0 Å². The molecular weight excluding hydrogens is 178 g/mol. The van der Waals surface area contributed by atoms with Gasteiger partial charge in [-0.3, -0.25) is 0 Å². The quantitative estimate of drug-likeness (QED) is 0.745. The van der Waals surface area contributed by atoms with Crippen LogP contribution in [0, 0.1) is 0 Å². The number of ether oxygens (including phenoxy) is 2. The summed E-state index contributed by atoms with van der Waals surface area (Å²) < 4.78 is 11.1. The second-order valence-corrected chi connectivity index (χ2v) is 4.72. The van der Waals surface area contributed by atoms with Crippen molar-refractivity contribution in [2.45, 2.75) is 50.2 Å². The van der Waals surface area contributed by atoms with Crippen molar-refractivity contribution in [3.05, 3.63) is 0 Å². The summed E-state index contributed by atoms with van der Waals surface area (Å²) in [5.74, 6) is 0. The third-order valence-electron chi connectivity index (χ3n) is 3.32. The summed E-state index contributed by atoms with van der Waals surface area (Å²) in [6, 6.07) is 0. The van der Waals surface area contributed by atoms with Gasteiger partial charge in [0.05, 0.1) is 19.3 Å². The van der Waals surface area contributed by atoms with Crippen LogP contribution in [0.25, 0.3) is 0 Å². The Hall–Kier alpha value is -0.120. The molecule has 0 aromatic heterocycles. The van der Waals surface area contributed by atoms with E-state index in [0.717, 1.165) is 32.5 Å². The maximum atomic E-state index is 6.18. The van der Waals surface area contributed by atoms with E-state index in [4.69, 9.17) is 15.2 Å². The van der Waals surface area contributed by atoms with Crippen LogP contribution in [0.5, 0.6) is 0 Å². The van der Waals surface area contributed by atoms with Crippen molar-refractivity contribution < 1.29 is 9.47 Å². The number of hydrogen-bond acceptors (Lipinski definition) is 3. The third kappa shape index (κ3) is 2.69. The minimum atomic E-state index is -0.0292. The Morgan fingerprint density at radius 3 is 2.71 bits per heavy atom. The van der Waals surface area contributed by atoms with Gasteiger partial charge in [-0.15, -0.1) is 0 Å². The van der Waals surface area contributed by atoms with Crippen molar-refractivity contribution in [3.8, 4) is 0 Å². The van der Waals surface area contributed by atoms with Crippen LogP contribution in [-0.4, -0.2) is 31.5 Å². The fourth-order valence-electron chi connectivity index (χ4n) is 2.39. The SMILES string of the molecule is NC1(COCC2CCCO2)CCCC1. The van der Waals surface area contributed by atoms with Crippen molar-refractivity contribution in [1.82, 2.24) is 0 Å². The molecule has 1 atom stereocenters. The van der Waals surface area contributed by atoms with E-state index < -0.39 is 0 Å². The lowest BCUT2D eigenvalue weighted by Gasteiger charge is -2.23. The van der Waals surface area contributed by atoms with Crippen molar-refractivity contribution in [1.29, 1.82) is 0 Å². The van der Waals surface area contributed by atoms with Crippen LogP contribution in [0.3, 0.4) is 0 Å². The molecule has 0 bridgehead atoms. The highest BCUT2D eigenvalue weighted by molar-refractivity contribution is 4.89. The minimum absolute atomic E-state index is 0.0292. The molecule has 0 radical (unpaired) electrons. The molecular formula is C11H21NO2. The van der Waals surface area contributed by atoms with Crippen LogP contribution in [0.4, 0.5) is 0 Å². The predicted octanol–water partition coefficient (Wildman–Crippen LogP) is 1.45. The molecule has 0 spiro atoms. The zero-order chi connectivity index (χ0) is 9.86. The van der Waals surface area contributed by atoms with Crippen LogP contribution in [0.2, 0.25) is 0 Å². The van der Waals surface area contributed by atoms with Crippen molar-refractivity contribution in [2.75, 3.05) is 19.8 Å². The van der Waals surface area contributed by atoms with Gasteiger partial charge in [-0.05, 0) is 25.7 Å². The fourth-order valence-corrected chi connectivity index (χ4v) is 2.39. The molecule has 3 heteroatoms. The van der Waals surface area contributed by atoms with Crippen molar-refractivity contribution in [3.63, 3.8) is 0 Å². The molecule has 14 heavy (non-hydrogen) atoms. The van der Waals surface area contributed by atoms with Gasteiger partial charge < -0.3 is 15.2 Å². The van der Waals surface area contributed by atoms with E-state index in [2.05, 4.69) is 0 Å². The smallest absolute Gasteiger partial charge is 0.0809 e. The molecule has 1 aliphatic heterocycles. The lowest BCUT2D eigenvalue weighted by atomic mass is 10.0. The molecule has 82 valence electrons. The number of hydrogen-bond donors (Lipinski definition) is 1. The largest absolute Gasteiger partial charge is 0.377 e. The van der Waals surface area contributed by atoms with Gasteiger partial charge in [0.2, 0.25) is 0 Å². The summed E-state index contributed by atoms with van der Waals surface area (Å²) in [6.45, 7) is 2.35. The van der Waals surface area contributed by atoms with Crippen molar-refractivity contribution >= 4 is 0 Å². The number of nitrogens with two attached hydrogens (primary N) is 1. The first-order chi connectivity index (χ1) is 6.79. The topological polar surface area (TPSA) is 44.5 Å². The van der Waals surface area contributed by atoms with E-state index in [0.29, 0.717) is 12.7 Å². The average molecular weight is 199 g/mol. The first-order valence-corrected chi connectivity index (χ1v) is 5.77. The Bertz CT molecular complexity index is 172. The van der Waals surface area contributed by atoms with E-state index in [1.54, 1.807) is 0 Å². The lowest BCUT2D eigenvalue weighted by molar-refractivity contribution is 0.000979. The van der Waals surface area contributed by atoms with Gasteiger partial charge in [0.15, 0.2) is 0 Å².